The molecule has 1 amide bonds. The number of ether oxygens (including phenoxy) is 1. The number of carbonyl (C=O) groups excluding carboxylic acids is 1. The molecular formula is C20H18N2O5. The Hall–Kier alpha value is -3.61. The molecule has 1 atom stereocenters. The van der Waals surface area contributed by atoms with Gasteiger partial charge in [0, 0.05) is 11.6 Å². The monoisotopic (exact) mass is 366 g/mol. The number of nitro groups is 1. The van der Waals surface area contributed by atoms with Crippen molar-refractivity contribution < 1.29 is 18.9 Å². The predicted molar refractivity (Wildman–Crippen MR) is 98.5 cm³/mol. The molecule has 0 fully saturated rings. The van der Waals surface area contributed by atoms with Crippen molar-refractivity contribution in [1.29, 1.82) is 0 Å². The molecule has 3 aromatic rings. The van der Waals surface area contributed by atoms with Crippen molar-refractivity contribution in [2.75, 3.05) is 6.61 Å². The Bertz CT molecular complexity index is 923. The van der Waals surface area contributed by atoms with Gasteiger partial charge in [-0.1, -0.05) is 30.3 Å². The number of aryl methyl sites for hydroxylation is 1. The molecule has 0 unspecified atom stereocenters. The molecule has 138 valence electrons. The summed E-state index contributed by atoms with van der Waals surface area (Å²) in [7, 11) is 0. The Labute approximate surface area is 155 Å². The molecule has 0 radical (unpaired) electrons. The Morgan fingerprint density at radius 2 is 1.96 bits per heavy atom. The third-order valence-electron chi connectivity index (χ3n) is 4.00. The highest BCUT2D eigenvalue weighted by atomic mass is 16.6. The first-order valence-electron chi connectivity index (χ1n) is 8.30. The van der Waals surface area contributed by atoms with Gasteiger partial charge in [0.05, 0.1) is 11.2 Å². The Morgan fingerprint density at radius 3 is 2.59 bits per heavy atom. The van der Waals surface area contributed by atoms with E-state index in [9.17, 15) is 14.9 Å². The minimum absolute atomic E-state index is 0.00811. The number of furan rings is 1. The Kier molecular flexibility index (Phi) is 5.51. The Balaban J connectivity index is 1.67. The van der Waals surface area contributed by atoms with E-state index in [1.54, 1.807) is 25.3 Å². The number of amides is 1. The lowest BCUT2D eigenvalue weighted by molar-refractivity contribution is -0.385. The second-order valence-electron chi connectivity index (χ2n) is 5.92. The maximum Gasteiger partial charge on any atom is 0.272 e. The van der Waals surface area contributed by atoms with E-state index in [0.717, 1.165) is 5.56 Å². The third kappa shape index (κ3) is 4.52. The third-order valence-corrected chi connectivity index (χ3v) is 4.00. The fourth-order valence-electron chi connectivity index (χ4n) is 2.69. The Morgan fingerprint density at radius 1 is 1.19 bits per heavy atom. The van der Waals surface area contributed by atoms with Crippen LogP contribution in [0.15, 0.2) is 71.3 Å². The first-order valence-corrected chi connectivity index (χ1v) is 8.30. The highest BCUT2D eigenvalue weighted by molar-refractivity contribution is 5.78. The van der Waals surface area contributed by atoms with Gasteiger partial charge in [-0.05, 0) is 36.8 Å². The van der Waals surface area contributed by atoms with Crippen LogP contribution in [0.4, 0.5) is 5.69 Å². The number of nitro benzene ring substituents is 1. The van der Waals surface area contributed by atoms with Gasteiger partial charge in [0.25, 0.3) is 11.6 Å². The van der Waals surface area contributed by atoms with Gasteiger partial charge in [-0.25, -0.2) is 0 Å². The van der Waals surface area contributed by atoms with Gasteiger partial charge in [-0.15, -0.1) is 0 Å². The van der Waals surface area contributed by atoms with Crippen LogP contribution < -0.4 is 10.1 Å². The summed E-state index contributed by atoms with van der Waals surface area (Å²) in [6, 6.07) is 16.9. The summed E-state index contributed by atoms with van der Waals surface area (Å²) in [4.78, 5) is 22.8. The average Bonchev–Trinajstić information content (AvgIpc) is 3.19. The molecule has 1 N–H and O–H groups in total. The predicted octanol–water partition coefficient (Wildman–Crippen LogP) is 3.78. The summed E-state index contributed by atoms with van der Waals surface area (Å²) in [6.45, 7) is 1.40. The lowest BCUT2D eigenvalue weighted by Crippen LogP contribution is -2.33. The van der Waals surface area contributed by atoms with Gasteiger partial charge in [-0.3, -0.25) is 14.9 Å². The van der Waals surface area contributed by atoms with Gasteiger partial charge >= 0.3 is 0 Å². The van der Waals surface area contributed by atoms with E-state index < -0.39 is 11.0 Å². The van der Waals surface area contributed by atoms with Gasteiger partial charge in [0.2, 0.25) is 0 Å². The first kappa shape index (κ1) is 18.2. The molecule has 0 aliphatic heterocycles. The molecule has 27 heavy (non-hydrogen) atoms. The zero-order valence-electron chi connectivity index (χ0n) is 14.6. The van der Waals surface area contributed by atoms with Crippen LogP contribution in [0.5, 0.6) is 5.75 Å². The topological polar surface area (TPSA) is 94.6 Å². The minimum Gasteiger partial charge on any atom is -0.484 e. The van der Waals surface area contributed by atoms with Crippen molar-refractivity contribution in [2.24, 2.45) is 0 Å². The fraction of sp³-hybridized carbons (Fsp3) is 0.150. The number of nitrogens with one attached hydrogen (secondary N) is 1. The van der Waals surface area contributed by atoms with Crippen LogP contribution in [0.25, 0.3) is 0 Å². The van der Waals surface area contributed by atoms with E-state index in [1.165, 1.54) is 18.2 Å². The van der Waals surface area contributed by atoms with E-state index in [4.69, 9.17) is 9.15 Å². The normalized spacial score (nSPS) is 11.6. The lowest BCUT2D eigenvalue weighted by Gasteiger charge is -2.17. The van der Waals surface area contributed by atoms with E-state index >= 15 is 0 Å². The van der Waals surface area contributed by atoms with Crippen molar-refractivity contribution in [3.63, 3.8) is 0 Å². The van der Waals surface area contributed by atoms with Crippen LogP contribution in [-0.4, -0.2) is 17.4 Å². The summed E-state index contributed by atoms with van der Waals surface area (Å²) in [5.74, 6) is 0.666. The summed E-state index contributed by atoms with van der Waals surface area (Å²) in [5, 5.41) is 13.7. The number of hydrogen-bond acceptors (Lipinski definition) is 5. The van der Waals surface area contributed by atoms with Crippen LogP contribution >= 0.6 is 0 Å². The van der Waals surface area contributed by atoms with Gasteiger partial charge in [0.1, 0.15) is 17.6 Å². The molecule has 1 heterocycles. The molecule has 7 heteroatoms. The number of hydrogen-bond donors (Lipinski definition) is 1. The number of nitrogens with zero attached hydrogens (tertiary/aromatic N) is 1. The second-order valence-corrected chi connectivity index (χ2v) is 5.92. The molecule has 3 rings (SSSR count). The molecule has 0 saturated heterocycles. The van der Waals surface area contributed by atoms with Crippen molar-refractivity contribution in [3.8, 4) is 5.75 Å². The quantitative estimate of drug-likeness (QED) is 0.507. The zero-order chi connectivity index (χ0) is 19.2. The molecule has 0 spiro atoms. The maximum atomic E-state index is 12.4. The van der Waals surface area contributed by atoms with Crippen LogP contribution in [0, 0.1) is 17.0 Å². The van der Waals surface area contributed by atoms with E-state index in [-0.39, 0.29) is 18.2 Å². The second kappa shape index (κ2) is 8.18. The zero-order valence-corrected chi connectivity index (χ0v) is 14.6. The largest absolute Gasteiger partial charge is 0.484 e. The number of carbonyl (C=O) groups is 1. The molecule has 0 bridgehead atoms. The maximum absolute atomic E-state index is 12.4. The number of benzene rings is 2. The minimum atomic E-state index is -0.459. The van der Waals surface area contributed by atoms with Gasteiger partial charge < -0.3 is 14.5 Å². The highest BCUT2D eigenvalue weighted by Crippen LogP contribution is 2.24. The lowest BCUT2D eigenvalue weighted by atomic mass is 10.0. The molecule has 0 saturated carbocycles. The van der Waals surface area contributed by atoms with Crippen molar-refractivity contribution in [3.05, 3.63) is 93.9 Å². The van der Waals surface area contributed by atoms with Crippen molar-refractivity contribution >= 4 is 11.6 Å². The average molecular weight is 366 g/mol. The highest BCUT2D eigenvalue weighted by Gasteiger charge is 2.19. The van der Waals surface area contributed by atoms with Crippen LogP contribution in [0.3, 0.4) is 0 Å². The van der Waals surface area contributed by atoms with Crippen molar-refractivity contribution in [2.45, 2.75) is 13.0 Å². The fourth-order valence-corrected chi connectivity index (χ4v) is 2.69. The molecule has 2 aromatic carbocycles. The van der Waals surface area contributed by atoms with Gasteiger partial charge in [-0.2, -0.15) is 0 Å². The summed E-state index contributed by atoms with van der Waals surface area (Å²) < 4.78 is 10.9. The van der Waals surface area contributed by atoms with E-state index in [1.807, 2.05) is 30.3 Å². The molecule has 0 aliphatic carbocycles. The van der Waals surface area contributed by atoms with E-state index in [2.05, 4.69) is 5.32 Å². The standard InChI is InChI=1S/C20H18N2O5/c1-14-12-16(9-10-17(14)22(24)25)27-13-19(23)21-20(18-8-5-11-26-18)15-6-3-2-4-7-15/h2-12,20H,13H2,1H3,(H,21,23)/t20-/m1/s1. The number of rotatable bonds is 7. The summed E-state index contributed by atoms with van der Waals surface area (Å²) in [6.07, 6.45) is 1.55. The van der Waals surface area contributed by atoms with Crippen LogP contribution in [0.1, 0.15) is 22.9 Å². The molecular weight excluding hydrogens is 348 g/mol. The summed E-state index contributed by atoms with van der Waals surface area (Å²) >= 11 is 0. The smallest absolute Gasteiger partial charge is 0.272 e. The van der Waals surface area contributed by atoms with Crippen LogP contribution in [-0.2, 0) is 4.79 Å². The van der Waals surface area contributed by atoms with E-state index in [0.29, 0.717) is 17.1 Å². The molecule has 0 aliphatic rings. The summed E-state index contributed by atoms with van der Waals surface area (Å²) in [5.41, 5.74) is 1.36. The van der Waals surface area contributed by atoms with Crippen LogP contribution in [0.2, 0.25) is 0 Å². The van der Waals surface area contributed by atoms with Gasteiger partial charge in [0.15, 0.2) is 6.61 Å². The SMILES string of the molecule is Cc1cc(OCC(=O)N[C@H](c2ccccc2)c2ccco2)ccc1[N+](=O)[O-]. The first-order chi connectivity index (χ1) is 13.0. The molecule has 1 aromatic heterocycles. The van der Waals surface area contributed by atoms with Crippen molar-refractivity contribution in [1.82, 2.24) is 5.32 Å². The molecule has 7 nitrogen and oxygen atoms in total.